The fraction of sp³-hybridized carbons (Fsp3) is 0.167. The molecule has 0 atom stereocenters. The third-order valence-corrected chi connectivity index (χ3v) is 2.69. The summed E-state index contributed by atoms with van der Waals surface area (Å²) in [6.45, 7) is 0.491. The summed E-state index contributed by atoms with van der Waals surface area (Å²) in [5.41, 5.74) is 0.761. The molecule has 7 heteroatoms. The van der Waals surface area contributed by atoms with Crippen LogP contribution in [0.25, 0.3) is 0 Å². The van der Waals surface area contributed by atoms with E-state index < -0.39 is 4.92 Å². The van der Waals surface area contributed by atoms with Crippen molar-refractivity contribution in [3.63, 3.8) is 0 Å². The van der Waals surface area contributed by atoms with Crippen LogP contribution in [-0.4, -0.2) is 21.9 Å². The lowest BCUT2D eigenvalue weighted by atomic mass is 10.3. The summed E-state index contributed by atoms with van der Waals surface area (Å²) in [6.07, 6.45) is 1.69. The van der Waals surface area contributed by atoms with Crippen molar-refractivity contribution in [2.24, 2.45) is 0 Å². The van der Waals surface area contributed by atoms with Gasteiger partial charge >= 0.3 is 0 Å². The molecule has 0 bridgehead atoms. The minimum absolute atomic E-state index is 0.0807. The molecule has 0 aromatic carbocycles. The van der Waals surface area contributed by atoms with Gasteiger partial charge in [0.05, 0.1) is 29.3 Å². The number of anilines is 1. The highest BCUT2D eigenvalue weighted by molar-refractivity contribution is 6.29. The van der Waals surface area contributed by atoms with Gasteiger partial charge in [-0.3, -0.25) is 15.1 Å². The van der Waals surface area contributed by atoms with E-state index in [-0.39, 0.29) is 10.8 Å². The summed E-state index contributed by atoms with van der Waals surface area (Å²) in [7, 11) is 1.77. The summed E-state index contributed by atoms with van der Waals surface area (Å²) >= 11 is 5.78. The lowest BCUT2D eigenvalue weighted by molar-refractivity contribution is -0.384. The second kappa shape index (κ2) is 5.62. The molecule has 2 aromatic rings. The van der Waals surface area contributed by atoms with E-state index in [4.69, 9.17) is 11.6 Å². The Kier molecular flexibility index (Phi) is 3.91. The van der Waals surface area contributed by atoms with Gasteiger partial charge in [0.2, 0.25) is 0 Å². The number of hydrogen-bond donors (Lipinski definition) is 0. The fourth-order valence-electron chi connectivity index (χ4n) is 1.59. The Morgan fingerprint density at radius 1 is 1.42 bits per heavy atom. The third-order valence-electron chi connectivity index (χ3n) is 2.49. The maximum absolute atomic E-state index is 10.8. The van der Waals surface area contributed by atoms with Gasteiger partial charge in [-0.2, -0.15) is 0 Å². The van der Waals surface area contributed by atoms with E-state index in [9.17, 15) is 10.1 Å². The van der Waals surface area contributed by atoms with Crippen LogP contribution in [0.3, 0.4) is 0 Å². The highest BCUT2D eigenvalue weighted by Crippen LogP contribution is 2.23. The molecule has 0 spiro atoms. The Hall–Kier alpha value is -2.21. The molecule has 6 nitrogen and oxygen atoms in total. The van der Waals surface area contributed by atoms with Crippen molar-refractivity contribution in [1.82, 2.24) is 9.97 Å². The van der Waals surface area contributed by atoms with Gasteiger partial charge in [-0.25, -0.2) is 4.98 Å². The Labute approximate surface area is 114 Å². The molecule has 2 heterocycles. The van der Waals surface area contributed by atoms with Gasteiger partial charge in [-0.05, 0) is 12.1 Å². The van der Waals surface area contributed by atoms with Gasteiger partial charge in [0.15, 0.2) is 0 Å². The molecule has 0 aliphatic carbocycles. The fourth-order valence-corrected chi connectivity index (χ4v) is 1.78. The molecule has 0 amide bonds. The zero-order chi connectivity index (χ0) is 13.8. The van der Waals surface area contributed by atoms with Gasteiger partial charge in [-0.15, -0.1) is 0 Å². The maximum Gasteiger partial charge on any atom is 0.276 e. The number of rotatable bonds is 4. The second-order valence-electron chi connectivity index (χ2n) is 3.94. The molecule has 19 heavy (non-hydrogen) atoms. The van der Waals surface area contributed by atoms with Crippen molar-refractivity contribution in [3.8, 4) is 0 Å². The van der Waals surface area contributed by atoms with Crippen LogP contribution < -0.4 is 4.90 Å². The predicted molar refractivity (Wildman–Crippen MR) is 72.2 cm³/mol. The minimum Gasteiger partial charge on any atom is -0.354 e. The van der Waals surface area contributed by atoms with Crippen molar-refractivity contribution in [1.29, 1.82) is 0 Å². The molecule has 0 unspecified atom stereocenters. The molecular formula is C12H11ClN4O2. The van der Waals surface area contributed by atoms with E-state index in [0.717, 1.165) is 5.69 Å². The summed E-state index contributed by atoms with van der Waals surface area (Å²) in [4.78, 5) is 20.3. The summed E-state index contributed by atoms with van der Waals surface area (Å²) < 4.78 is 0. The summed E-state index contributed by atoms with van der Waals surface area (Å²) in [6, 6.07) is 8.18. The van der Waals surface area contributed by atoms with E-state index in [1.165, 1.54) is 12.1 Å². The van der Waals surface area contributed by atoms with Crippen LogP contribution in [0.15, 0.2) is 36.5 Å². The number of nitrogens with zero attached hydrogens (tertiary/aromatic N) is 4. The molecule has 0 N–H and O–H groups in total. The van der Waals surface area contributed by atoms with Crippen LogP contribution >= 0.6 is 11.6 Å². The first-order chi connectivity index (χ1) is 9.06. The van der Waals surface area contributed by atoms with E-state index >= 15 is 0 Å². The molecule has 0 saturated heterocycles. The molecule has 0 fully saturated rings. The standard InChI is InChI=1S/C12H11ClN4O2/c1-16(8-9-4-2-3-5-14-9)12-7-10(17(18)19)6-11(13)15-12/h2-7H,8H2,1H3. The summed E-state index contributed by atoms with van der Waals surface area (Å²) in [5.74, 6) is 0.435. The third kappa shape index (κ3) is 3.38. The zero-order valence-corrected chi connectivity index (χ0v) is 10.9. The van der Waals surface area contributed by atoms with E-state index in [1.807, 2.05) is 18.2 Å². The number of hydrogen-bond acceptors (Lipinski definition) is 5. The minimum atomic E-state index is -0.494. The molecule has 98 valence electrons. The van der Waals surface area contributed by atoms with Gasteiger partial charge in [-0.1, -0.05) is 17.7 Å². The van der Waals surface area contributed by atoms with Gasteiger partial charge < -0.3 is 4.90 Å². The molecule has 0 saturated carbocycles. The normalized spacial score (nSPS) is 10.2. The number of halogens is 1. The number of nitro groups is 1. The van der Waals surface area contributed by atoms with Crippen LogP contribution in [0.1, 0.15) is 5.69 Å². The van der Waals surface area contributed by atoms with Gasteiger partial charge in [0.25, 0.3) is 5.69 Å². The first-order valence-electron chi connectivity index (χ1n) is 5.49. The monoisotopic (exact) mass is 278 g/mol. The maximum atomic E-state index is 10.8. The van der Waals surface area contributed by atoms with E-state index in [1.54, 1.807) is 18.1 Å². The van der Waals surface area contributed by atoms with Crippen LogP contribution in [0, 0.1) is 10.1 Å². The number of pyridine rings is 2. The lowest BCUT2D eigenvalue weighted by Crippen LogP contribution is -2.18. The van der Waals surface area contributed by atoms with E-state index in [0.29, 0.717) is 12.4 Å². The SMILES string of the molecule is CN(Cc1ccccn1)c1cc([N+](=O)[O-])cc(Cl)n1. The molecular weight excluding hydrogens is 268 g/mol. The molecule has 2 rings (SSSR count). The predicted octanol–water partition coefficient (Wildman–Crippen LogP) is 2.67. The van der Waals surface area contributed by atoms with Crippen LogP contribution in [-0.2, 0) is 6.54 Å². The van der Waals surface area contributed by atoms with Crippen molar-refractivity contribution in [2.75, 3.05) is 11.9 Å². The van der Waals surface area contributed by atoms with Gasteiger partial charge in [0, 0.05) is 13.2 Å². The molecule has 0 aliphatic heterocycles. The lowest BCUT2D eigenvalue weighted by Gasteiger charge is -2.17. The highest BCUT2D eigenvalue weighted by Gasteiger charge is 2.13. The van der Waals surface area contributed by atoms with Crippen molar-refractivity contribution in [3.05, 3.63) is 57.5 Å². The Morgan fingerprint density at radius 2 is 2.21 bits per heavy atom. The average molecular weight is 279 g/mol. The first-order valence-corrected chi connectivity index (χ1v) is 5.87. The second-order valence-corrected chi connectivity index (χ2v) is 4.33. The molecule has 2 aromatic heterocycles. The van der Waals surface area contributed by atoms with Crippen molar-refractivity contribution in [2.45, 2.75) is 6.54 Å². The molecule has 0 aliphatic rings. The highest BCUT2D eigenvalue weighted by atomic mass is 35.5. The van der Waals surface area contributed by atoms with Crippen LogP contribution in [0.2, 0.25) is 5.15 Å². The topological polar surface area (TPSA) is 72.2 Å². The van der Waals surface area contributed by atoms with Crippen molar-refractivity contribution >= 4 is 23.1 Å². The quantitative estimate of drug-likeness (QED) is 0.488. The van der Waals surface area contributed by atoms with Crippen LogP contribution in [0.5, 0.6) is 0 Å². The molecule has 0 radical (unpaired) electrons. The Balaban J connectivity index is 2.24. The first kappa shape index (κ1) is 13.2. The Morgan fingerprint density at radius 3 is 2.84 bits per heavy atom. The van der Waals surface area contributed by atoms with Gasteiger partial charge in [0.1, 0.15) is 11.0 Å². The number of aromatic nitrogens is 2. The van der Waals surface area contributed by atoms with Crippen LogP contribution in [0.4, 0.5) is 11.5 Å². The Bertz CT molecular complexity index is 592. The van der Waals surface area contributed by atoms with Crippen molar-refractivity contribution < 1.29 is 4.92 Å². The largest absolute Gasteiger partial charge is 0.354 e. The average Bonchev–Trinajstić information content (AvgIpc) is 2.39. The summed E-state index contributed by atoms with van der Waals surface area (Å²) in [5, 5.41) is 10.9. The van der Waals surface area contributed by atoms with E-state index in [2.05, 4.69) is 9.97 Å². The zero-order valence-electron chi connectivity index (χ0n) is 10.2. The smallest absolute Gasteiger partial charge is 0.276 e.